The molecule has 0 radical (unpaired) electrons. The number of thioether (sulfide) groups is 1. The Kier molecular flexibility index (Phi) is 9.94. The van der Waals surface area contributed by atoms with E-state index in [4.69, 9.17) is 0 Å². The SMILES string of the molecule is O=C(Nc1cccc(SCC(=O)c2ccc(-c3ccccc3)cc2)c1)/C(=C/c1ccccc1[N+](=O)[O-])NC(=O)c1ccccc1. The number of carbonyl (C=O) groups excluding carboxylic acids is 3. The fourth-order valence-corrected chi connectivity index (χ4v) is 5.30. The lowest BCUT2D eigenvalue weighted by Crippen LogP contribution is -2.30. The summed E-state index contributed by atoms with van der Waals surface area (Å²) < 4.78 is 0. The maximum absolute atomic E-state index is 13.4. The first-order valence-electron chi connectivity index (χ1n) is 13.9. The van der Waals surface area contributed by atoms with Crippen LogP contribution in [-0.4, -0.2) is 28.3 Å². The van der Waals surface area contributed by atoms with E-state index in [0.29, 0.717) is 16.8 Å². The summed E-state index contributed by atoms with van der Waals surface area (Å²) in [6.07, 6.45) is 1.27. The maximum atomic E-state index is 13.4. The molecule has 0 unspecified atom stereocenters. The van der Waals surface area contributed by atoms with Crippen LogP contribution in [0.15, 0.2) is 144 Å². The molecule has 0 heterocycles. The third kappa shape index (κ3) is 8.19. The van der Waals surface area contributed by atoms with E-state index in [2.05, 4.69) is 10.6 Å². The van der Waals surface area contributed by atoms with Gasteiger partial charge in [-0.3, -0.25) is 24.5 Å². The fraction of sp³-hybridized carbons (Fsp3) is 0.0278. The summed E-state index contributed by atoms with van der Waals surface area (Å²) in [6, 6.07) is 38.6. The van der Waals surface area contributed by atoms with E-state index < -0.39 is 16.7 Å². The van der Waals surface area contributed by atoms with Gasteiger partial charge in [0.1, 0.15) is 5.70 Å². The van der Waals surface area contributed by atoms with Crippen molar-refractivity contribution in [2.75, 3.05) is 11.1 Å². The normalized spacial score (nSPS) is 11.0. The third-order valence-electron chi connectivity index (χ3n) is 6.74. The Bertz CT molecular complexity index is 1870. The molecule has 45 heavy (non-hydrogen) atoms. The maximum Gasteiger partial charge on any atom is 0.276 e. The summed E-state index contributed by atoms with van der Waals surface area (Å²) in [6.45, 7) is 0. The number of nitrogens with one attached hydrogen (secondary N) is 2. The molecular formula is C36H27N3O5S. The minimum atomic E-state index is -0.672. The molecule has 0 aliphatic heterocycles. The van der Waals surface area contributed by atoms with Gasteiger partial charge in [0.05, 0.1) is 16.2 Å². The molecule has 9 heteroatoms. The van der Waals surface area contributed by atoms with Gasteiger partial charge in [-0.25, -0.2) is 0 Å². The van der Waals surface area contributed by atoms with Crippen molar-refractivity contribution in [1.82, 2.24) is 5.32 Å². The zero-order valence-electron chi connectivity index (χ0n) is 23.9. The van der Waals surface area contributed by atoms with Gasteiger partial charge in [-0.2, -0.15) is 0 Å². The molecule has 222 valence electrons. The average Bonchev–Trinajstić information content (AvgIpc) is 3.08. The van der Waals surface area contributed by atoms with Crippen LogP contribution in [0.3, 0.4) is 0 Å². The molecule has 5 rings (SSSR count). The highest BCUT2D eigenvalue weighted by atomic mass is 32.2. The summed E-state index contributed by atoms with van der Waals surface area (Å²) in [5, 5.41) is 16.9. The van der Waals surface area contributed by atoms with Crippen LogP contribution in [0.2, 0.25) is 0 Å². The number of nitro groups is 1. The second-order valence-corrected chi connectivity index (χ2v) is 10.9. The Labute approximate surface area is 264 Å². The summed E-state index contributed by atoms with van der Waals surface area (Å²) >= 11 is 1.33. The number of hydrogen-bond acceptors (Lipinski definition) is 6. The number of nitro benzene ring substituents is 1. The molecule has 0 aromatic heterocycles. The molecule has 0 aliphatic carbocycles. The van der Waals surface area contributed by atoms with Gasteiger partial charge < -0.3 is 10.6 Å². The van der Waals surface area contributed by atoms with E-state index >= 15 is 0 Å². The lowest BCUT2D eigenvalue weighted by atomic mass is 10.0. The first kappa shape index (κ1) is 30.7. The quantitative estimate of drug-likeness (QED) is 0.0520. The zero-order chi connectivity index (χ0) is 31.6. The van der Waals surface area contributed by atoms with Gasteiger partial charge in [0, 0.05) is 27.8 Å². The van der Waals surface area contributed by atoms with Crippen molar-refractivity contribution in [3.05, 3.63) is 166 Å². The van der Waals surface area contributed by atoms with Crippen molar-refractivity contribution in [3.63, 3.8) is 0 Å². The van der Waals surface area contributed by atoms with Crippen LogP contribution in [-0.2, 0) is 4.79 Å². The van der Waals surface area contributed by atoms with Crippen molar-refractivity contribution in [1.29, 1.82) is 0 Å². The van der Waals surface area contributed by atoms with Crippen LogP contribution < -0.4 is 10.6 Å². The minimum Gasteiger partial charge on any atom is -0.321 e. The van der Waals surface area contributed by atoms with Gasteiger partial charge >= 0.3 is 0 Å². The van der Waals surface area contributed by atoms with E-state index in [1.165, 1.54) is 36.0 Å². The third-order valence-corrected chi connectivity index (χ3v) is 7.73. The van der Waals surface area contributed by atoms with Crippen LogP contribution in [0, 0.1) is 10.1 Å². The van der Waals surface area contributed by atoms with Crippen LogP contribution in [0.5, 0.6) is 0 Å². The average molecular weight is 614 g/mol. The van der Waals surface area contributed by atoms with E-state index in [1.807, 2.05) is 60.7 Å². The number of para-hydroxylation sites is 1. The minimum absolute atomic E-state index is 0.0349. The molecule has 0 saturated heterocycles. The lowest BCUT2D eigenvalue weighted by Gasteiger charge is -2.12. The molecule has 0 spiro atoms. The zero-order valence-corrected chi connectivity index (χ0v) is 24.7. The second kappa shape index (κ2) is 14.6. The van der Waals surface area contributed by atoms with Crippen molar-refractivity contribution in [3.8, 4) is 11.1 Å². The molecule has 0 saturated carbocycles. The van der Waals surface area contributed by atoms with E-state index in [0.717, 1.165) is 16.0 Å². The number of benzene rings is 5. The number of Topliss-reactive ketones (excluding diaryl/α,β-unsaturated/α-hetero) is 1. The van der Waals surface area contributed by atoms with Crippen molar-refractivity contribution >= 4 is 46.8 Å². The molecule has 5 aromatic rings. The number of carbonyl (C=O) groups is 3. The van der Waals surface area contributed by atoms with E-state index in [9.17, 15) is 24.5 Å². The van der Waals surface area contributed by atoms with Crippen LogP contribution in [0.1, 0.15) is 26.3 Å². The van der Waals surface area contributed by atoms with Crippen molar-refractivity contribution < 1.29 is 19.3 Å². The fourth-order valence-electron chi connectivity index (χ4n) is 4.45. The van der Waals surface area contributed by atoms with Gasteiger partial charge in [0.25, 0.3) is 17.5 Å². The monoisotopic (exact) mass is 613 g/mol. The van der Waals surface area contributed by atoms with Gasteiger partial charge in [-0.1, -0.05) is 91.0 Å². The number of amides is 2. The standard InChI is InChI=1S/C36H27N3O5S/c40-34(27-20-18-26(19-21-27)25-10-3-1-4-11-25)24-45-31-16-9-15-30(23-31)37-36(42)32(38-35(41)28-12-5-2-6-13-28)22-29-14-7-8-17-33(29)39(43)44/h1-23H,24H2,(H,37,42)(H,38,41)/b32-22-. The molecule has 0 aliphatic rings. The molecule has 8 nitrogen and oxygen atoms in total. The molecular weight excluding hydrogens is 586 g/mol. The molecule has 0 bridgehead atoms. The number of nitrogens with zero attached hydrogens (tertiary/aromatic N) is 1. The number of rotatable bonds is 11. The summed E-state index contributed by atoms with van der Waals surface area (Å²) in [5.74, 6) is -1.06. The first-order chi connectivity index (χ1) is 21.9. The van der Waals surface area contributed by atoms with Gasteiger partial charge in [-0.05, 0) is 53.6 Å². The molecule has 0 fully saturated rings. The highest BCUT2D eigenvalue weighted by Crippen LogP contribution is 2.25. The Hall–Kier alpha value is -5.80. The largest absolute Gasteiger partial charge is 0.321 e. The Morgan fingerprint density at radius 1 is 0.711 bits per heavy atom. The first-order valence-corrected chi connectivity index (χ1v) is 14.9. The van der Waals surface area contributed by atoms with Crippen molar-refractivity contribution in [2.45, 2.75) is 4.90 Å². The Morgan fingerprint density at radius 3 is 2.07 bits per heavy atom. The number of anilines is 1. The highest BCUT2D eigenvalue weighted by Gasteiger charge is 2.18. The Balaban J connectivity index is 1.29. The van der Waals surface area contributed by atoms with Crippen LogP contribution in [0.4, 0.5) is 11.4 Å². The second-order valence-electron chi connectivity index (χ2n) is 9.83. The summed E-state index contributed by atoms with van der Waals surface area (Å²) in [4.78, 5) is 51.0. The molecule has 5 aromatic carbocycles. The van der Waals surface area contributed by atoms with Crippen molar-refractivity contribution in [2.24, 2.45) is 0 Å². The molecule has 0 atom stereocenters. The topological polar surface area (TPSA) is 118 Å². The number of ketones is 1. The predicted molar refractivity (Wildman–Crippen MR) is 177 cm³/mol. The van der Waals surface area contributed by atoms with E-state index in [-0.39, 0.29) is 28.5 Å². The van der Waals surface area contributed by atoms with Crippen LogP contribution >= 0.6 is 11.8 Å². The predicted octanol–water partition coefficient (Wildman–Crippen LogP) is 7.65. The number of hydrogen-bond donors (Lipinski definition) is 2. The Morgan fingerprint density at radius 2 is 1.36 bits per heavy atom. The van der Waals surface area contributed by atoms with Gasteiger partial charge in [-0.15, -0.1) is 11.8 Å². The summed E-state index contributed by atoms with van der Waals surface area (Å²) in [5.41, 5.74) is 3.21. The van der Waals surface area contributed by atoms with E-state index in [1.54, 1.807) is 54.6 Å². The highest BCUT2D eigenvalue weighted by molar-refractivity contribution is 8.00. The summed E-state index contributed by atoms with van der Waals surface area (Å²) in [7, 11) is 0. The smallest absolute Gasteiger partial charge is 0.276 e. The molecule has 2 N–H and O–H groups in total. The van der Waals surface area contributed by atoms with Crippen LogP contribution in [0.25, 0.3) is 17.2 Å². The van der Waals surface area contributed by atoms with Gasteiger partial charge in [0.2, 0.25) is 0 Å². The lowest BCUT2D eigenvalue weighted by molar-refractivity contribution is -0.385. The molecule has 2 amide bonds. The van der Waals surface area contributed by atoms with Gasteiger partial charge in [0.15, 0.2) is 5.78 Å².